The zero-order valence-corrected chi connectivity index (χ0v) is 16.3. The predicted molar refractivity (Wildman–Crippen MR) is 105 cm³/mol. The molecule has 2 aliphatic heterocycles. The Morgan fingerprint density at radius 2 is 1.45 bits per heavy atom. The summed E-state index contributed by atoms with van der Waals surface area (Å²) in [6.07, 6.45) is -0.812. The fraction of sp³-hybridized carbons (Fsp3) is 0.435. The number of amides is 1. The molecule has 0 bridgehead atoms. The van der Waals surface area contributed by atoms with E-state index >= 15 is 0 Å². The Labute approximate surface area is 169 Å². The number of alkyl halides is 3. The zero-order valence-electron chi connectivity index (χ0n) is 16.3. The van der Waals surface area contributed by atoms with Gasteiger partial charge in [-0.1, -0.05) is 42.5 Å². The lowest BCUT2D eigenvalue weighted by atomic mass is 9.85. The number of hydrogen-bond donors (Lipinski definition) is 0. The first kappa shape index (κ1) is 20.0. The molecule has 2 saturated heterocycles. The Bertz CT molecular complexity index is 851. The first-order valence-corrected chi connectivity index (χ1v) is 10.1. The lowest BCUT2D eigenvalue weighted by Crippen LogP contribution is -2.59. The van der Waals surface area contributed by atoms with Crippen LogP contribution in [0.1, 0.15) is 42.4 Å². The van der Waals surface area contributed by atoms with E-state index in [-0.39, 0.29) is 5.91 Å². The highest BCUT2D eigenvalue weighted by Gasteiger charge is 2.50. The number of carbonyl (C=O) groups excluding carboxylic acids is 1. The number of likely N-dealkylation sites (tertiary alicyclic amines) is 2. The van der Waals surface area contributed by atoms with Crippen LogP contribution in [-0.4, -0.2) is 34.3 Å². The van der Waals surface area contributed by atoms with E-state index in [4.69, 9.17) is 0 Å². The van der Waals surface area contributed by atoms with Crippen LogP contribution in [0.4, 0.5) is 13.2 Å². The quantitative estimate of drug-likeness (QED) is 0.729. The van der Waals surface area contributed by atoms with Gasteiger partial charge in [0.15, 0.2) is 0 Å². The van der Waals surface area contributed by atoms with Crippen molar-refractivity contribution in [2.75, 3.05) is 13.1 Å². The van der Waals surface area contributed by atoms with Crippen LogP contribution in [0.5, 0.6) is 0 Å². The molecule has 0 N–H and O–H groups in total. The van der Waals surface area contributed by atoms with Gasteiger partial charge >= 0.3 is 6.18 Å². The molecular weight excluding hydrogens is 377 g/mol. The summed E-state index contributed by atoms with van der Waals surface area (Å²) in [6.45, 7) is 2.66. The number of rotatable bonds is 4. The highest BCUT2D eigenvalue weighted by molar-refractivity contribution is 5.87. The summed E-state index contributed by atoms with van der Waals surface area (Å²) >= 11 is 0. The van der Waals surface area contributed by atoms with Crippen molar-refractivity contribution in [2.45, 2.75) is 50.5 Å². The Kier molecular flexibility index (Phi) is 5.38. The minimum Gasteiger partial charge on any atom is -0.337 e. The van der Waals surface area contributed by atoms with E-state index in [1.165, 1.54) is 12.1 Å². The van der Waals surface area contributed by atoms with Gasteiger partial charge in [0.2, 0.25) is 5.91 Å². The van der Waals surface area contributed by atoms with Crippen LogP contribution in [0, 0.1) is 0 Å². The van der Waals surface area contributed by atoms with Crippen LogP contribution < -0.4 is 0 Å². The van der Waals surface area contributed by atoms with E-state index in [2.05, 4.69) is 4.90 Å². The predicted octanol–water partition coefficient (Wildman–Crippen LogP) is 4.86. The molecule has 0 aliphatic carbocycles. The molecule has 2 heterocycles. The minimum atomic E-state index is -4.33. The summed E-state index contributed by atoms with van der Waals surface area (Å²) in [5.41, 5.74) is 0.771. The van der Waals surface area contributed by atoms with Crippen molar-refractivity contribution in [2.24, 2.45) is 0 Å². The Hall–Kier alpha value is -2.34. The number of hydrogen-bond acceptors (Lipinski definition) is 2. The van der Waals surface area contributed by atoms with E-state index in [9.17, 15) is 18.0 Å². The normalized spacial score (nSPS) is 23.1. The van der Waals surface area contributed by atoms with Gasteiger partial charge in [0.25, 0.3) is 0 Å². The van der Waals surface area contributed by atoms with E-state index < -0.39 is 17.3 Å². The highest BCUT2D eigenvalue weighted by atomic mass is 19.4. The molecule has 154 valence electrons. The monoisotopic (exact) mass is 402 g/mol. The molecule has 2 aliphatic rings. The molecule has 6 heteroatoms. The highest BCUT2D eigenvalue weighted by Crippen LogP contribution is 2.40. The summed E-state index contributed by atoms with van der Waals surface area (Å²) in [5.74, 6) is 0.164. The third-order valence-corrected chi connectivity index (χ3v) is 6.20. The molecule has 3 nitrogen and oxygen atoms in total. The summed E-state index contributed by atoms with van der Waals surface area (Å²) in [7, 11) is 0. The minimum absolute atomic E-state index is 0.164. The van der Waals surface area contributed by atoms with Crippen LogP contribution in [0.25, 0.3) is 0 Å². The lowest BCUT2D eigenvalue weighted by Gasteiger charge is -2.44. The molecule has 2 fully saturated rings. The van der Waals surface area contributed by atoms with Gasteiger partial charge in [0, 0.05) is 19.6 Å². The van der Waals surface area contributed by atoms with Crippen LogP contribution in [0.2, 0.25) is 0 Å². The van der Waals surface area contributed by atoms with Crippen LogP contribution in [0.3, 0.4) is 0 Å². The average Bonchev–Trinajstić information content (AvgIpc) is 3.09. The molecule has 1 atom stereocenters. The van der Waals surface area contributed by atoms with Gasteiger partial charge in [0.1, 0.15) is 5.54 Å². The second-order valence-electron chi connectivity index (χ2n) is 8.07. The van der Waals surface area contributed by atoms with Crippen LogP contribution in [-0.2, 0) is 24.1 Å². The molecule has 0 saturated carbocycles. The summed E-state index contributed by atoms with van der Waals surface area (Å²) < 4.78 is 38.5. The van der Waals surface area contributed by atoms with Gasteiger partial charge in [-0.05, 0) is 55.5 Å². The topological polar surface area (TPSA) is 23.6 Å². The standard InChI is InChI=1S/C23H25F3N2O/c24-23(25,26)20-10-8-19(9-11-20)17-28-15-5-13-22(28)12-4-14-27(21(22)29)16-18-6-2-1-3-7-18/h1-3,6-11H,4-5,12-17H2. The van der Waals surface area contributed by atoms with Gasteiger partial charge in [-0.25, -0.2) is 0 Å². The largest absolute Gasteiger partial charge is 0.416 e. The molecule has 1 amide bonds. The first-order valence-electron chi connectivity index (χ1n) is 10.1. The Morgan fingerprint density at radius 3 is 2.10 bits per heavy atom. The third kappa shape index (κ3) is 4.04. The summed E-state index contributed by atoms with van der Waals surface area (Å²) in [5, 5.41) is 0. The third-order valence-electron chi connectivity index (χ3n) is 6.20. The fourth-order valence-corrected chi connectivity index (χ4v) is 4.73. The number of carbonyl (C=O) groups is 1. The molecular formula is C23H25F3N2O. The molecule has 0 radical (unpaired) electrons. The molecule has 2 aromatic carbocycles. The molecule has 1 unspecified atom stereocenters. The lowest BCUT2D eigenvalue weighted by molar-refractivity contribution is -0.148. The van der Waals surface area contributed by atoms with Gasteiger partial charge in [-0.2, -0.15) is 13.2 Å². The Morgan fingerprint density at radius 1 is 0.828 bits per heavy atom. The fourth-order valence-electron chi connectivity index (χ4n) is 4.73. The Balaban J connectivity index is 1.50. The van der Waals surface area contributed by atoms with E-state index in [0.29, 0.717) is 13.1 Å². The maximum absolute atomic E-state index is 13.5. The van der Waals surface area contributed by atoms with E-state index in [1.807, 2.05) is 35.2 Å². The number of halogens is 3. The van der Waals surface area contributed by atoms with E-state index in [0.717, 1.165) is 62.0 Å². The van der Waals surface area contributed by atoms with Crippen molar-refractivity contribution in [1.29, 1.82) is 0 Å². The summed E-state index contributed by atoms with van der Waals surface area (Å²) in [4.78, 5) is 17.6. The van der Waals surface area contributed by atoms with E-state index in [1.54, 1.807) is 0 Å². The van der Waals surface area contributed by atoms with Crippen LogP contribution >= 0.6 is 0 Å². The number of piperidine rings is 1. The van der Waals surface area contributed by atoms with Crippen molar-refractivity contribution in [3.63, 3.8) is 0 Å². The van der Waals surface area contributed by atoms with Crippen molar-refractivity contribution in [3.05, 3.63) is 71.3 Å². The molecule has 2 aromatic rings. The zero-order chi connectivity index (χ0) is 20.5. The van der Waals surface area contributed by atoms with Gasteiger partial charge in [-0.15, -0.1) is 0 Å². The molecule has 1 spiro atoms. The second kappa shape index (κ2) is 7.82. The number of benzene rings is 2. The van der Waals surface area contributed by atoms with Crippen molar-refractivity contribution < 1.29 is 18.0 Å². The first-order chi connectivity index (χ1) is 13.9. The molecule has 29 heavy (non-hydrogen) atoms. The van der Waals surface area contributed by atoms with Crippen molar-refractivity contribution >= 4 is 5.91 Å². The van der Waals surface area contributed by atoms with Gasteiger partial charge in [-0.3, -0.25) is 9.69 Å². The SMILES string of the molecule is O=C1N(Cc2ccccc2)CCCC12CCCN2Cc1ccc(C(F)(F)F)cc1. The van der Waals surface area contributed by atoms with Gasteiger partial charge in [0.05, 0.1) is 5.56 Å². The van der Waals surface area contributed by atoms with Gasteiger partial charge < -0.3 is 4.90 Å². The van der Waals surface area contributed by atoms with Crippen LogP contribution in [0.15, 0.2) is 54.6 Å². The maximum atomic E-state index is 13.5. The maximum Gasteiger partial charge on any atom is 0.416 e. The molecule has 0 aromatic heterocycles. The molecule has 4 rings (SSSR count). The van der Waals surface area contributed by atoms with Crippen molar-refractivity contribution in [1.82, 2.24) is 9.80 Å². The van der Waals surface area contributed by atoms with Crippen molar-refractivity contribution in [3.8, 4) is 0 Å². The smallest absolute Gasteiger partial charge is 0.337 e. The second-order valence-corrected chi connectivity index (χ2v) is 8.07. The summed E-state index contributed by atoms with van der Waals surface area (Å²) in [6, 6.07) is 15.3. The average molecular weight is 402 g/mol. The number of nitrogens with zero attached hydrogens (tertiary/aromatic N) is 2.